The van der Waals surface area contributed by atoms with Crippen molar-refractivity contribution in [2.75, 3.05) is 16.6 Å². The molecule has 0 atom stereocenters. The van der Waals surface area contributed by atoms with Crippen molar-refractivity contribution in [3.8, 4) is 5.75 Å². The van der Waals surface area contributed by atoms with Gasteiger partial charge in [0.25, 0.3) is 20.0 Å². The van der Waals surface area contributed by atoms with Crippen molar-refractivity contribution in [1.82, 2.24) is 9.97 Å². The molecule has 3 aromatic rings. The number of methoxy groups -OCH3 is 1. The number of sulfonamides is 2. The summed E-state index contributed by atoms with van der Waals surface area (Å²) in [5.74, 6) is 0.443. The molecule has 0 radical (unpaired) electrons. The summed E-state index contributed by atoms with van der Waals surface area (Å²) in [5.41, 5.74) is 0.810. The molecule has 2 aromatic carbocycles. The number of nitrogens with zero attached hydrogens (tertiary/aromatic N) is 2. The van der Waals surface area contributed by atoms with Crippen LogP contribution >= 0.6 is 15.9 Å². The SMILES string of the molecule is COc1ccc(S(=O)(=O)Nc2ccc(S(=O)(=O)Nc3nccc(C)n3)cc2)cc1Br. The summed E-state index contributed by atoms with van der Waals surface area (Å²) < 4.78 is 60.4. The minimum absolute atomic E-state index is 0.0186. The Hall–Kier alpha value is -2.70. The standard InChI is InChI=1S/C18H17BrN4O5S2/c1-12-9-10-20-18(21-12)23-29(24,25)14-5-3-13(4-6-14)22-30(26,27)15-7-8-17(28-2)16(19)11-15/h3-11,22H,1-2H3,(H,20,21,23). The van der Waals surface area contributed by atoms with E-state index in [1.54, 1.807) is 13.0 Å². The molecule has 0 bridgehead atoms. The number of aromatic nitrogens is 2. The van der Waals surface area contributed by atoms with Crippen LogP contribution < -0.4 is 14.2 Å². The predicted molar refractivity (Wildman–Crippen MR) is 116 cm³/mol. The monoisotopic (exact) mass is 512 g/mol. The van der Waals surface area contributed by atoms with Gasteiger partial charge in [0, 0.05) is 17.6 Å². The zero-order valence-electron chi connectivity index (χ0n) is 15.8. The summed E-state index contributed by atoms with van der Waals surface area (Å²) in [6.45, 7) is 1.71. The van der Waals surface area contributed by atoms with E-state index >= 15 is 0 Å². The van der Waals surface area contributed by atoms with Gasteiger partial charge >= 0.3 is 0 Å². The van der Waals surface area contributed by atoms with Gasteiger partial charge in [0.1, 0.15) is 5.75 Å². The van der Waals surface area contributed by atoms with Crippen LogP contribution in [0.5, 0.6) is 5.75 Å². The van der Waals surface area contributed by atoms with Gasteiger partial charge in [-0.1, -0.05) is 0 Å². The fourth-order valence-electron chi connectivity index (χ4n) is 2.41. The Morgan fingerprint density at radius 3 is 2.13 bits per heavy atom. The van der Waals surface area contributed by atoms with Gasteiger partial charge in [0.2, 0.25) is 5.95 Å². The largest absolute Gasteiger partial charge is 0.496 e. The third-order valence-corrected chi connectivity index (χ3v) is 7.21. The second kappa shape index (κ2) is 8.58. The highest BCUT2D eigenvalue weighted by Gasteiger charge is 2.18. The molecule has 1 heterocycles. The summed E-state index contributed by atoms with van der Waals surface area (Å²) in [6, 6.07) is 11.2. The lowest BCUT2D eigenvalue weighted by molar-refractivity contribution is 0.411. The van der Waals surface area contributed by atoms with E-state index in [0.717, 1.165) is 0 Å². The van der Waals surface area contributed by atoms with Crippen LogP contribution in [0.4, 0.5) is 11.6 Å². The molecule has 1 aromatic heterocycles. The highest BCUT2D eigenvalue weighted by molar-refractivity contribution is 9.10. The molecule has 0 spiro atoms. The van der Waals surface area contributed by atoms with Crippen LogP contribution in [0, 0.1) is 6.92 Å². The van der Waals surface area contributed by atoms with Crippen LogP contribution in [-0.2, 0) is 20.0 Å². The maximum Gasteiger partial charge on any atom is 0.264 e. The van der Waals surface area contributed by atoms with Crippen molar-refractivity contribution in [3.63, 3.8) is 0 Å². The van der Waals surface area contributed by atoms with Gasteiger partial charge in [-0.05, 0) is 71.4 Å². The molecule has 0 unspecified atom stereocenters. The first kappa shape index (κ1) is 22.0. The summed E-state index contributed by atoms with van der Waals surface area (Å²) in [4.78, 5) is 7.81. The normalized spacial score (nSPS) is 11.7. The second-order valence-corrected chi connectivity index (χ2v) is 10.3. The van der Waals surface area contributed by atoms with E-state index in [4.69, 9.17) is 4.74 Å². The van der Waals surface area contributed by atoms with Crippen LogP contribution in [0.15, 0.2) is 69.0 Å². The summed E-state index contributed by atoms with van der Waals surface area (Å²) in [7, 11) is -6.34. The zero-order valence-corrected chi connectivity index (χ0v) is 19.0. The molecule has 0 saturated carbocycles. The number of aryl methyl sites for hydroxylation is 1. The molecule has 3 rings (SSSR count). The molecule has 0 saturated heterocycles. The molecule has 0 aliphatic carbocycles. The summed E-state index contributed by atoms with van der Waals surface area (Å²) in [6.07, 6.45) is 1.44. The third-order valence-electron chi connectivity index (χ3n) is 3.87. The number of rotatable bonds is 7. The minimum atomic E-state index is -3.93. The lowest BCUT2D eigenvalue weighted by Gasteiger charge is -2.11. The van der Waals surface area contributed by atoms with E-state index in [1.807, 2.05) is 0 Å². The Morgan fingerprint density at radius 2 is 1.53 bits per heavy atom. The van der Waals surface area contributed by atoms with Crippen LogP contribution in [0.25, 0.3) is 0 Å². The Morgan fingerprint density at radius 1 is 0.900 bits per heavy atom. The maximum absolute atomic E-state index is 12.6. The first-order valence-electron chi connectivity index (χ1n) is 8.39. The van der Waals surface area contributed by atoms with Gasteiger partial charge in [0.15, 0.2) is 0 Å². The number of hydrogen-bond donors (Lipinski definition) is 2. The second-order valence-electron chi connectivity index (χ2n) is 6.05. The Balaban J connectivity index is 1.79. The molecule has 2 N–H and O–H groups in total. The van der Waals surface area contributed by atoms with Crippen LogP contribution in [0.3, 0.4) is 0 Å². The fourth-order valence-corrected chi connectivity index (χ4v) is 5.14. The lowest BCUT2D eigenvalue weighted by atomic mass is 10.3. The van der Waals surface area contributed by atoms with Gasteiger partial charge in [-0.15, -0.1) is 0 Å². The lowest BCUT2D eigenvalue weighted by Crippen LogP contribution is -2.16. The van der Waals surface area contributed by atoms with Gasteiger partial charge < -0.3 is 4.74 Å². The smallest absolute Gasteiger partial charge is 0.264 e. The Kier molecular flexibility index (Phi) is 6.29. The highest BCUT2D eigenvalue weighted by atomic mass is 79.9. The molecule has 12 heteroatoms. The number of hydrogen-bond acceptors (Lipinski definition) is 7. The first-order chi connectivity index (χ1) is 14.1. The number of nitrogens with one attached hydrogen (secondary N) is 2. The molecule has 9 nitrogen and oxygen atoms in total. The van der Waals surface area contributed by atoms with Gasteiger partial charge in [0.05, 0.1) is 21.4 Å². The van der Waals surface area contributed by atoms with Crippen LogP contribution in [-0.4, -0.2) is 33.9 Å². The molecule has 30 heavy (non-hydrogen) atoms. The molecular formula is C18H17BrN4O5S2. The third kappa shape index (κ3) is 5.07. The average Bonchev–Trinajstić information content (AvgIpc) is 2.67. The van der Waals surface area contributed by atoms with E-state index in [1.165, 1.54) is 55.8 Å². The molecule has 0 aliphatic heterocycles. The average molecular weight is 513 g/mol. The van der Waals surface area contributed by atoms with Gasteiger partial charge in [-0.3, -0.25) is 4.72 Å². The van der Waals surface area contributed by atoms with Crippen molar-refractivity contribution in [1.29, 1.82) is 0 Å². The Labute approximate surface area is 182 Å². The molecule has 0 fully saturated rings. The van der Waals surface area contributed by atoms with Crippen molar-refractivity contribution < 1.29 is 21.6 Å². The molecule has 0 amide bonds. The fraction of sp³-hybridized carbons (Fsp3) is 0.111. The number of benzene rings is 2. The van der Waals surface area contributed by atoms with Crippen LogP contribution in [0.2, 0.25) is 0 Å². The van der Waals surface area contributed by atoms with E-state index in [0.29, 0.717) is 15.9 Å². The van der Waals surface area contributed by atoms with Gasteiger partial charge in [-0.25, -0.2) is 31.5 Å². The number of anilines is 2. The van der Waals surface area contributed by atoms with Gasteiger partial charge in [-0.2, -0.15) is 0 Å². The van der Waals surface area contributed by atoms with E-state index in [9.17, 15) is 16.8 Å². The van der Waals surface area contributed by atoms with E-state index in [-0.39, 0.29) is 21.4 Å². The minimum Gasteiger partial charge on any atom is -0.496 e. The maximum atomic E-state index is 12.6. The Bertz CT molecular complexity index is 1280. The summed E-state index contributed by atoms with van der Waals surface area (Å²) >= 11 is 3.25. The summed E-state index contributed by atoms with van der Waals surface area (Å²) in [5, 5.41) is 0. The van der Waals surface area contributed by atoms with Crippen molar-refractivity contribution in [2.45, 2.75) is 16.7 Å². The predicted octanol–water partition coefficient (Wildman–Crippen LogP) is 3.16. The van der Waals surface area contributed by atoms with E-state index < -0.39 is 20.0 Å². The molecule has 0 aliphatic rings. The first-order valence-corrected chi connectivity index (χ1v) is 12.2. The molecular weight excluding hydrogens is 496 g/mol. The van der Waals surface area contributed by atoms with Crippen molar-refractivity contribution >= 4 is 47.6 Å². The van der Waals surface area contributed by atoms with Crippen LogP contribution in [0.1, 0.15) is 5.69 Å². The number of halogens is 1. The van der Waals surface area contributed by atoms with Crippen molar-refractivity contribution in [2.24, 2.45) is 0 Å². The topological polar surface area (TPSA) is 127 Å². The highest BCUT2D eigenvalue weighted by Crippen LogP contribution is 2.28. The number of ether oxygens (including phenoxy) is 1. The van der Waals surface area contributed by atoms with Crippen molar-refractivity contribution in [3.05, 3.63) is 64.9 Å². The quantitative estimate of drug-likeness (QED) is 0.497. The molecule has 158 valence electrons. The van der Waals surface area contributed by atoms with E-state index in [2.05, 4.69) is 35.3 Å². The zero-order chi connectivity index (χ0) is 21.9.